The van der Waals surface area contributed by atoms with Gasteiger partial charge in [0, 0.05) is 17.1 Å². The topological polar surface area (TPSA) is 110 Å². The van der Waals surface area contributed by atoms with Gasteiger partial charge in [0.15, 0.2) is 0 Å². The summed E-state index contributed by atoms with van der Waals surface area (Å²) in [6.45, 7) is 3.83. The van der Waals surface area contributed by atoms with Gasteiger partial charge in [0.1, 0.15) is 23.1 Å². The van der Waals surface area contributed by atoms with E-state index in [2.05, 4.69) is 5.32 Å². The molecule has 0 atom stereocenters. The Bertz CT molecular complexity index is 1220. The summed E-state index contributed by atoms with van der Waals surface area (Å²) in [5.74, 6) is -0.450. The fourth-order valence-corrected chi connectivity index (χ4v) is 3.30. The van der Waals surface area contributed by atoms with E-state index in [1.54, 1.807) is 0 Å². The largest absolute Gasteiger partial charge is 0.496 e. The van der Waals surface area contributed by atoms with Crippen molar-refractivity contribution in [3.8, 4) is 17.5 Å². The molecular formula is C23H20N4O4. The van der Waals surface area contributed by atoms with E-state index in [9.17, 15) is 20.2 Å². The van der Waals surface area contributed by atoms with Crippen LogP contribution in [0, 0.1) is 35.3 Å². The quantitative estimate of drug-likeness (QED) is 0.274. The average molecular weight is 416 g/mol. The van der Waals surface area contributed by atoms with Crippen LogP contribution in [0.5, 0.6) is 5.75 Å². The van der Waals surface area contributed by atoms with Crippen molar-refractivity contribution < 1.29 is 14.5 Å². The Labute approximate surface area is 179 Å². The van der Waals surface area contributed by atoms with Gasteiger partial charge in [0.05, 0.1) is 18.1 Å². The number of hydrogen-bond donors (Lipinski definition) is 1. The number of carbonyl (C=O) groups excluding carboxylic acids is 1. The Balaban J connectivity index is 1.94. The van der Waals surface area contributed by atoms with Gasteiger partial charge in [0.2, 0.25) is 0 Å². The molecule has 0 fully saturated rings. The van der Waals surface area contributed by atoms with Crippen LogP contribution in [0.2, 0.25) is 0 Å². The number of anilines is 1. The molecule has 0 bridgehead atoms. The summed E-state index contributed by atoms with van der Waals surface area (Å²) < 4.78 is 7.01. The van der Waals surface area contributed by atoms with E-state index in [0.717, 1.165) is 17.1 Å². The normalized spacial score (nSPS) is 11.0. The van der Waals surface area contributed by atoms with Gasteiger partial charge in [-0.05, 0) is 55.8 Å². The molecule has 0 aliphatic heterocycles. The highest BCUT2D eigenvalue weighted by Gasteiger charge is 2.20. The molecule has 156 valence electrons. The van der Waals surface area contributed by atoms with Crippen LogP contribution < -0.4 is 10.1 Å². The molecule has 2 aromatic carbocycles. The molecule has 0 spiro atoms. The van der Waals surface area contributed by atoms with E-state index in [-0.39, 0.29) is 22.7 Å². The molecule has 0 aliphatic rings. The molecule has 0 radical (unpaired) electrons. The van der Waals surface area contributed by atoms with E-state index in [1.165, 1.54) is 31.4 Å². The van der Waals surface area contributed by atoms with Gasteiger partial charge in [-0.3, -0.25) is 14.9 Å². The first-order valence-electron chi connectivity index (χ1n) is 9.35. The third kappa shape index (κ3) is 4.46. The molecule has 0 saturated carbocycles. The summed E-state index contributed by atoms with van der Waals surface area (Å²) in [5, 5.41) is 23.3. The molecule has 8 heteroatoms. The van der Waals surface area contributed by atoms with Crippen molar-refractivity contribution in [1.82, 2.24) is 4.57 Å². The van der Waals surface area contributed by atoms with Crippen LogP contribution in [-0.4, -0.2) is 22.5 Å². The fraction of sp³-hybridized carbons (Fsp3) is 0.130. The van der Waals surface area contributed by atoms with Crippen molar-refractivity contribution in [3.05, 3.63) is 87.2 Å². The Morgan fingerprint density at radius 2 is 1.90 bits per heavy atom. The standard InChI is InChI=1S/C23H20N4O4/c1-15-11-17(16(2)26(15)19-7-5-4-6-8-19)12-18(14-24)23(28)25-21-10-9-20(31-3)13-22(21)27(29)30/h4-13H,1-3H3,(H,25,28)/b18-12+. The number of aryl methyl sites for hydroxylation is 1. The van der Waals surface area contributed by atoms with Gasteiger partial charge in [-0.1, -0.05) is 18.2 Å². The number of hydrogen-bond acceptors (Lipinski definition) is 5. The Morgan fingerprint density at radius 1 is 1.19 bits per heavy atom. The van der Waals surface area contributed by atoms with E-state index >= 15 is 0 Å². The van der Waals surface area contributed by atoms with E-state index in [0.29, 0.717) is 5.56 Å². The summed E-state index contributed by atoms with van der Waals surface area (Å²) in [6, 6.07) is 17.5. The van der Waals surface area contributed by atoms with Crippen LogP contribution in [0.15, 0.2) is 60.2 Å². The number of nitrogens with zero attached hydrogens (tertiary/aromatic N) is 3. The van der Waals surface area contributed by atoms with Crippen molar-refractivity contribution in [1.29, 1.82) is 5.26 Å². The number of amides is 1. The highest BCUT2D eigenvalue weighted by Crippen LogP contribution is 2.29. The number of benzene rings is 2. The average Bonchev–Trinajstić information content (AvgIpc) is 3.05. The van der Waals surface area contributed by atoms with Gasteiger partial charge < -0.3 is 14.6 Å². The number of nitro benzene ring substituents is 1. The first-order valence-corrected chi connectivity index (χ1v) is 9.35. The number of para-hydroxylation sites is 1. The molecule has 3 aromatic rings. The molecule has 1 amide bonds. The second-order valence-electron chi connectivity index (χ2n) is 6.76. The minimum absolute atomic E-state index is 0.0216. The summed E-state index contributed by atoms with van der Waals surface area (Å²) >= 11 is 0. The molecule has 3 rings (SSSR count). The molecule has 0 saturated heterocycles. The van der Waals surface area contributed by atoms with Crippen LogP contribution in [0.4, 0.5) is 11.4 Å². The van der Waals surface area contributed by atoms with Crippen LogP contribution >= 0.6 is 0 Å². The maximum atomic E-state index is 12.7. The lowest BCUT2D eigenvalue weighted by atomic mass is 10.1. The second-order valence-corrected chi connectivity index (χ2v) is 6.76. The maximum absolute atomic E-state index is 12.7. The first-order chi connectivity index (χ1) is 14.8. The lowest BCUT2D eigenvalue weighted by Gasteiger charge is -2.09. The maximum Gasteiger partial charge on any atom is 0.296 e. The highest BCUT2D eigenvalue weighted by molar-refractivity contribution is 6.10. The Morgan fingerprint density at radius 3 is 2.52 bits per heavy atom. The number of methoxy groups -OCH3 is 1. The van der Waals surface area contributed by atoms with E-state index in [4.69, 9.17) is 4.74 Å². The number of ether oxygens (including phenoxy) is 1. The number of aromatic nitrogens is 1. The zero-order valence-corrected chi connectivity index (χ0v) is 17.2. The summed E-state index contributed by atoms with van der Waals surface area (Å²) in [6.07, 6.45) is 1.48. The summed E-state index contributed by atoms with van der Waals surface area (Å²) in [5.41, 5.74) is 2.96. The van der Waals surface area contributed by atoms with Crippen molar-refractivity contribution >= 4 is 23.4 Å². The lowest BCUT2D eigenvalue weighted by Crippen LogP contribution is -2.14. The summed E-state index contributed by atoms with van der Waals surface area (Å²) in [7, 11) is 1.39. The first kappa shape index (κ1) is 21.3. The van der Waals surface area contributed by atoms with Crippen LogP contribution in [0.1, 0.15) is 17.0 Å². The number of rotatable bonds is 6. The lowest BCUT2D eigenvalue weighted by molar-refractivity contribution is -0.384. The van der Waals surface area contributed by atoms with Gasteiger partial charge in [-0.15, -0.1) is 0 Å². The molecule has 8 nitrogen and oxygen atoms in total. The predicted octanol–water partition coefficient (Wildman–Crippen LogP) is 4.56. The zero-order valence-electron chi connectivity index (χ0n) is 17.2. The monoisotopic (exact) mass is 416 g/mol. The second kappa shape index (κ2) is 8.97. The van der Waals surface area contributed by atoms with Crippen molar-refractivity contribution in [2.75, 3.05) is 12.4 Å². The smallest absolute Gasteiger partial charge is 0.296 e. The number of nitriles is 1. The molecule has 31 heavy (non-hydrogen) atoms. The minimum Gasteiger partial charge on any atom is -0.496 e. The van der Waals surface area contributed by atoms with Crippen LogP contribution in [0.3, 0.4) is 0 Å². The fourth-order valence-electron chi connectivity index (χ4n) is 3.30. The van der Waals surface area contributed by atoms with E-state index < -0.39 is 10.8 Å². The van der Waals surface area contributed by atoms with Gasteiger partial charge in [0.25, 0.3) is 11.6 Å². The van der Waals surface area contributed by atoms with Crippen LogP contribution in [-0.2, 0) is 4.79 Å². The van der Waals surface area contributed by atoms with E-state index in [1.807, 2.05) is 60.9 Å². The highest BCUT2D eigenvalue weighted by atomic mass is 16.6. The third-order valence-electron chi connectivity index (χ3n) is 4.80. The molecular weight excluding hydrogens is 396 g/mol. The zero-order chi connectivity index (χ0) is 22.5. The molecule has 0 unspecified atom stereocenters. The van der Waals surface area contributed by atoms with Gasteiger partial charge in [-0.2, -0.15) is 5.26 Å². The molecule has 0 aliphatic carbocycles. The Hall–Kier alpha value is -4.38. The van der Waals surface area contributed by atoms with Crippen molar-refractivity contribution in [3.63, 3.8) is 0 Å². The molecule has 1 N–H and O–H groups in total. The molecule has 1 aromatic heterocycles. The number of nitrogens with one attached hydrogen (secondary N) is 1. The number of nitro groups is 1. The van der Waals surface area contributed by atoms with Crippen molar-refractivity contribution in [2.24, 2.45) is 0 Å². The van der Waals surface area contributed by atoms with Gasteiger partial charge in [-0.25, -0.2) is 0 Å². The summed E-state index contributed by atoms with van der Waals surface area (Å²) in [4.78, 5) is 23.4. The van der Waals surface area contributed by atoms with Gasteiger partial charge >= 0.3 is 0 Å². The minimum atomic E-state index is -0.736. The van der Waals surface area contributed by atoms with Crippen molar-refractivity contribution in [2.45, 2.75) is 13.8 Å². The Kier molecular flexibility index (Phi) is 6.17. The third-order valence-corrected chi connectivity index (χ3v) is 4.80. The molecule has 1 heterocycles. The predicted molar refractivity (Wildman–Crippen MR) is 117 cm³/mol. The SMILES string of the molecule is COc1ccc(NC(=O)/C(C#N)=C/c2cc(C)n(-c3ccccc3)c2C)c([N+](=O)[O-])c1. The number of carbonyl (C=O) groups is 1. The van der Waals surface area contributed by atoms with Crippen LogP contribution in [0.25, 0.3) is 11.8 Å².